The van der Waals surface area contributed by atoms with Crippen LogP contribution in [-0.4, -0.2) is 4.57 Å². The molecule has 0 fully saturated rings. The van der Waals surface area contributed by atoms with Gasteiger partial charge >= 0.3 is 0 Å². The summed E-state index contributed by atoms with van der Waals surface area (Å²) < 4.78 is 2.43. The van der Waals surface area contributed by atoms with Crippen molar-refractivity contribution in [3.05, 3.63) is 229 Å². The lowest BCUT2D eigenvalue weighted by Crippen LogP contribution is -2.36. The largest absolute Gasteiger partial charge is 0.310 e. The number of aromatic nitrogens is 1. The van der Waals surface area contributed by atoms with Crippen LogP contribution in [0.1, 0.15) is 22.3 Å². The Labute approximate surface area is 319 Å². The Kier molecular flexibility index (Phi) is 6.29. The Morgan fingerprint density at radius 1 is 0.345 bits per heavy atom. The smallest absolute Gasteiger partial charge is 0.0760 e. The lowest BCUT2D eigenvalue weighted by Gasteiger charge is -2.45. The van der Waals surface area contributed by atoms with Crippen LogP contribution < -0.4 is 4.90 Å². The number of benzene rings is 9. The maximum Gasteiger partial charge on any atom is 0.0760 e. The van der Waals surface area contributed by atoms with Crippen LogP contribution in [0.15, 0.2) is 206 Å². The number of hydrogen-bond donors (Lipinski definition) is 0. The molecule has 0 saturated carbocycles. The molecule has 0 saturated heterocycles. The van der Waals surface area contributed by atoms with E-state index in [1.54, 1.807) is 0 Å². The summed E-state index contributed by atoms with van der Waals surface area (Å²) in [5.41, 5.74) is 17.0. The topological polar surface area (TPSA) is 8.17 Å². The number of rotatable bonds is 3. The number of anilines is 3. The minimum absolute atomic E-state index is 0.533. The van der Waals surface area contributed by atoms with Crippen molar-refractivity contribution in [3.8, 4) is 27.9 Å². The zero-order chi connectivity index (χ0) is 36.1. The second kappa shape index (κ2) is 11.4. The van der Waals surface area contributed by atoms with Gasteiger partial charge in [0.05, 0.1) is 27.8 Å². The van der Waals surface area contributed by atoms with Gasteiger partial charge in [-0.3, -0.25) is 0 Å². The zero-order valence-corrected chi connectivity index (χ0v) is 30.0. The van der Waals surface area contributed by atoms with E-state index in [1.807, 2.05) is 0 Å². The van der Waals surface area contributed by atoms with Gasteiger partial charge in [-0.1, -0.05) is 152 Å². The van der Waals surface area contributed by atoms with E-state index in [-0.39, 0.29) is 0 Å². The first-order valence-corrected chi connectivity index (χ1v) is 19.1. The minimum Gasteiger partial charge on any atom is -0.310 e. The van der Waals surface area contributed by atoms with Gasteiger partial charge in [-0.2, -0.15) is 0 Å². The van der Waals surface area contributed by atoms with Crippen LogP contribution in [0, 0.1) is 0 Å². The molecule has 2 aliphatic rings. The van der Waals surface area contributed by atoms with Crippen molar-refractivity contribution in [2.24, 2.45) is 0 Å². The highest BCUT2D eigenvalue weighted by Crippen LogP contribution is 2.65. The fourth-order valence-electron chi connectivity index (χ4n) is 10.00. The Morgan fingerprint density at radius 3 is 1.78 bits per heavy atom. The van der Waals surface area contributed by atoms with Gasteiger partial charge in [0.25, 0.3) is 0 Å². The number of fused-ring (bicyclic) bond motifs is 13. The molecule has 12 rings (SSSR count). The zero-order valence-electron chi connectivity index (χ0n) is 30.0. The monoisotopic (exact) mass is 698 g/mol. The van der Waals surface area contributed by atoms with Crippen molar-refractivity contribution in [3.63, 3.8) is 0 Å². The summed E-state index contributed by atoms with van der Waals surface area (Å²) in [4.78, 5) is 2.45. The van der Waals surface area contributed by atoms with Crippen LogP contribution in [0.4, 0.5) is 17.1 Å². The fraction of sp³-hybridized carbons (Fsp3) is 0.0189. The first-order chi connectivity index (χ1) is 27.3. The third kappa shape index (κ3) is 4.08. The molecule has 256 valence electrons. The van der Waals surface area contributed by atoms with Crippen molar-refractivity contribution in [1.82, 2.24) is 4.57 Å². The molecule has 2 nitrogen and oxygen atoms in total. The van der Waals surface area contributed by atoms with E-state index in [9.17, 15) is 0 Å². The van der Waals surface area contributed by atoms with Crippen LogP contribution in [-0.2, 0) is 5.41 Å². The molecule has 0 unspecified atom stereocenters. The standard InChI is InChI=1S/C53H34N2/c1-2-17-38(18-3-1)54-50-27-12-9-24-46(50)53(47-25-10-13-28-51(47)54)45-23-8-6-19-41(45)43-22-14-21-40(52(43)53)37-30-32-49-44(34-37)42-20-7-11-26-48(42)55(49)39-31-29-35-15-4-5-16-36(35)33-39/h1-34H. The highest BCUT2D eigenvalue weighted by atomic mass is 15.2. The van der Waals surface area contributed by atoms with E-state index in [1.165, 1.54) is 94.1 Å². The molecular formula is C53H34N2. The highest BCUT2D eigenvalue weighted by Gasteiger charge is 2.52. The first-order valence-electron chi connectivity index (χ1n) is 19.1. The van der Waals surface area contributed by atoms with Gasteiger partial charge in [-0.05, 0) is 110 Å². The van der Waals surface area contributed by atoms with Gasteiger partial charge in [0.15, 0.2) is 0 Å². The van der Waals surface area contributed by atoms with Crippen LogP contribution >= 0.6 is 0 Å². The van der Waals surface area contributed by atoms with Gasteiger partial charge < -0.3 is 9.47 Å². The Bertz CT molecular complexity index is 3120. The molecule has 0 bridgehead atoms. The first kappa shape index (κ1) is 30.3. The second-order valence-electron chi connectivity index (χ2n) is 14.8. The maximum absolute atomic E-state index is 2.45. The Morgan fingerprint density at radius 2 is 0.964 bits per heavy atom. The van der Waals surface area contributed by atoms with Crippen molar-refractivity contribution in [2.45, 2.75) is 5.41 Å². The normalized spacial score (nSPS) is 13.6. The molecule has 2 heteroatoms. The molecule has 10 aromatic rings. The highest BCUT2D eigenvalue weighted by molar-refractivity contribution is 6.11. The van der Waals surface area contributed by atoms with Gasteiger partial charge in [-0.15, -0.1) is 0 Å². The summed E-state index contributed by atoms with van der Waals surface area (Å²) in [6, 6.07) is 76.4. The quantitative estimate of drug-likeness (QED) is 0.178. The molecule has 1 aliphatic carbocycles. The van der Waals surface area contributed by atoms with Crippen LogP contribution in [0.3, 0.4) is 0 Å². The molecule has 0 N–H and O–H groups in total. The number of para-hydroxylation sites is 4. The third-order valence-electron chi connectivity index (χ3n) is 12.1. The summed E-state index contributed by atoms with van der Waals surface area (Å²) in [5.74, 6) is 0. The molecule has 9 aromatic carbocycles. The third-order valence-corrected chi connectivity index (χ3v) is 12.1. The van der Waals surface area contributed by atoms with E-state index in [2.05, 4.69) is 216 Å². The lowest BCUT2D eigenvalue weighted by molar-refractivity contribution is 0.754. The van der Waals surface area contributed by atoms with Crippen molar-refractivity contribution in [2.75, 3.05) is 4.90 Å². The molecule has 0 atom stereocenters. The summed E-state index contributed by atoms with van der Waals surface area (Å²) in [6.45, 7) is 0. The van der Waals surface area contributed by atoms with Crippen molar-refractivity contribution >= 4 is 49.6 Å². The van der Waals surface area contributed by atoms with E-state index < -0.39 is 5.41 Å². The molecule has 2 heterocycles. The molecule has 0 amide bonds. The minimum atomic E-state index is -0.533. The number of hydrogen-bond acceptors (Lipinski definition) is 1. The van der Waals surface area contributed by atoms with Crippen molar-refractivity contribution < 1.29 is 0 Å². The Balaban J connectivity index is 1.15. The van der Waals surface area contributed by atoms with Crippen molar-refractivity contribution in [1.29, 1.82) is 0 Å². The maximum atomic E-state index is 2.45. The molecule has 0 radical (unpaired) electrons. The predicted molar refractivity (Wildman–Crippen MR) is 229 cm³/mol. The summed E-state index contributed by atoms with van der Waals surface area (Å²) >= 11 is 0. The van der Waals surface area contributed by atoms with Crippen LogP contribution in [0.5, 0.6) is 0 Å². The second-order valence-corrected chi connectivity index (χ2v) is 14.8. The molecule has 1 aromatic heterocycles. The SMILES string of the molecule is c1ccc(N2c3ccccc3C3(c4ccccc4-c4cccc(-c5ccc6c(c5)c5ccccc5n6-c5ccc6ccccc6c5)c43)c3ccccc32)cc1. The van der Waals surface area contributed by atoms with Crippen LogP contribution in [0.25, 0.3) is 60.5 Å². The van der Waals surface area contributed by atoms with Gasteiger partial charge in [0, 0.05) is 22.1 Å². The van der Waals surface area contributed by atoms with E-state index in [0.717, 1.165) is 5.69 Å². The average Bonchev–Trinajstić information content (AvgIpc) is 3.75. The fourth-order valence-corrected chi connectivity index (χ4v) is 10.00. The van der Waals surface area contributed by atoms with Gasteiger partial charge in [0.2, 0.25) is 0 Å². The molecular weight excluding hydrogens is 665 g/mol. The summed E-state index contributed by atoms with van der Waals surface area (Å²) in [6.07, 6.45) is 0. The average molecular weight is 699 g/mol. The number of nitrogens with zero attached hydrogens (tertiary/aromatic N) is 2. The lowest BCUT2D eigenvalue weighted by atomic mass is 9.63. The molecule has 55 heavy (non-hydrogen) atoms. The summed E-state index contributed by atoms with van der Waals surface area (Å²) in [5, 5.41) is 5.00. The predicted octanol–water partition coefficient (Wildman–Crippen LogP) is 13.8. The Hall–Kier alpha value is -7.16. The van der Waals surface area contributed by atoms with Gasteiger partial charge in [0.1, 0.15) is 0 Å². The summed E-state index contributed by atoms with van der Waals surface area (Å²) in [7, 11) is 0. The van der Waals surface area contributed by atoms with E-state index >= 15 is 0 Å². The van der Waals surface area contributed by atoms with E-state index in [4.69, 9.17) is 0 Å². The van der Waals surface area contributed by atoms with Crippen LogP contribution in [0.2, 0.25) is 0 Å². The molecule has 1 spiro atoms. The van der Waals surface area contributed by atoms with E-state index in [0.29, 0.717) is 0 Å². The van der Waals surface area contributed by atoms with Gasteiger partial charge in [-0.25, -0.2) is 0 Å². The molecule has 1 aliphatic heterocycles.